The van der Waals surface area contributed by atoms with E-state index >= 15 is 0 Å². The number of carbonyl (C=O) groups excluding carboxylic acids is 3. The lowest BCUT2D eigenvalue weighted by atomic mass is 9.71. The number of fused-ring (bicyclic) bond motifs is 2. The number of hydrogen-bond donors (Lipinski definition) is 0. The zero-order chi connectivity index (χ0) is 24.9. The first-order valence-electron chi connectivity index (χ1n) is 11.7. The minimum absolute atomic E-state index is 0.211. The second kappa shape index (κ2) is 8.70. The summed E-state index contributed by atoms with van der Waals surface area (Å²) in [6.07, 6.45) is 0.244. The van der Waals surface area contributed by atoms with E-state index in [1.165, 1.54) is 0 Å². The summed E-state index contributed by atoms with van der Waals surface area (Å²) < 4.78 is 17.7. The summed E-state index contributed by atoms with van der Waals surface area (Å²) in [4.78, 5) is 43.7. The molecule has 4 aliphatic heterocycles. The molecule has 3 fully saturated rings. The Kier molecular flexibility index (Phi) is 6.33. The van der Waals surface area contributed by atoms with Crippen molar-refractivity contribution < 1.29 is 28.6 Å². The maximum absolute atomic E-state index is 14.4. The molecular weight excluding hydrogens is 456 g/mol. The highest BCUT2D eigenvalue weighted by Crippen LogP contribution is 2.66. The van der Waals surface area contributed by atoms with Gasteiger partial charge >= 0.3 is 5.97 Å². The number of thioether (sulfide) groups is 1. The number of amides is 1. The van der Waals surface area contributed by atoms with Gasteiger partial charge in [0.25, 0.3) is 0 Å². The van der Waals surface area contributed by atoms with Crippen LogP contribution in [-0.2, 0) is 28.6 Å². The lowest BCUT2D eigenvalue weighted by Gasteiger charge is -2.68. The normalized spacial score (nSPS) is 30.0. The van der Waals surface area contributed by atoms with Crippen LogP contribution in [-0.4, -0.2) is 64.4 Å². The van der Waals surface area contributed by atoms with Crippen molar-refractivity contribution in [1.29, 1.82) is 0 Å². The Morgan fingerprint density at radius 1 is 1.09 bits per heavy atom. The number of nitrogens with zero attached hydrogens (tertiary/aromatic N) is 2. The number of benzene rings is 1. The van der Waals surface area contributed by atoms with Gasteiger partial charge in [0.1, 0.15) is 0 Å². The molecule has 4 heterocycles. The Morgan fingerprint density at radius 3 is 2.26 bits per heavy atom. The third-order valence-electron chi connectivity index (χ3n) is 7.23. The zero-order valence-electron chi connectivity index (χ0n) is 20.5. The van der Waals surface area contributed by atoms with Crippen LogP contribution in [0.2, 0.25) is 0 Å². The fourth-order valence-electron chi connectivity index (χ4n) is 5.46. The standard InChI is InChI=1S/C25H32N2O6S/c1-7-31-20(28)18-16(4)26(6)25-15-24(32-8-2,33-9-3)23(5,22(30)34-25)21(29)27(25)19(18)17-13-11-10-12-14-17/h10-14,19H,7-9,15H2,1-6H3/t19-,23+,25+/m1/s1. The predicted octanol–water partition coefficient (Wildman–Crippen LogP) is 3.45. The molecule has 5 rings (SSSR count). The number of rotatable bonds is 7. The average molecular weight is 489 g/mol. The molecule has 0 saturated carbocycles. The van der Waals surface area contributed by atoms with Gasteiger partial charge in [0.15, 0.2) is 16.2 Å². The number of carbonyl (C=O) groups is 3. The van der Waals surface area contributed by atoms with Gasteiger partial charge in [-0.2, -0.15) is 0 Å². The molecule has 3 saturated heterocycles. The Hall–Kier alpha value is -2.36. The molecule has 4 aliphatic rings. The third kappa shape index (κ3) is 3.09. The smallest absolute Gasteiger partial charge is 0.338 e. The van der Waals surface area contributed by atoms with Gasteiger partial charge in [-0.25, -0.2) is 4.79 Å². The van der Waals surface area contributed by atoms with Crippen LogP contribution < -0.4 is 0 Å². The average Bonchev–Trinajstić information content (AvgIpc) is 2.80. The first-order chi connectivity index (χ1) is 16.1. The first-order valence-corrected chi connectivity index (χ1v) is 12.5. The van der Waals surface area contributed by atoms with Crippen LogP contribution in [0.3, 0.4) is 0 Å². The Labute approximate surface area is 204 Å². The van der Waals surface area contributed by atoms with Gasteiger partial charge in [0, 0.05) is 26.0 Å². The summed E-state index contributed by atoms with van der Waals surface area (Å²) in [7, 11) is 1.80. The first kappa shape index (κ1) is 24.8. The second-order valence-corrected chi connectivity index (χ2v) is 10.0. The van der Waals surface area contributed by atoms with E-state index in [1.807, 2.05) is 56.0 Å². The van der Waals surface area contributed by atoms with Crippen molar-refractivity contribution in [2.24, 2.45) is 5.41 Å². The molecule has 3 atom stereocenters. The molecule has 1 spiro atoms. The molecule has 0 radical (unpaired) electrons. The molecular formula is C25H32N2O6S. The minimum Gasteiger partial charge on any atom is -0.463 e. The fraction of sp³-hybridized carbons (Fsp3) is 0.560. The van der Waals surface area contributed by atoms with Gasteiger partial charge in [-0.3, -0.25) is 14.5 Å². The predicted molar refractivity (Wildman–Crippen MR) is 127 cm³/mol. The van der Waals surface area contributed by atoms with Crippen molar-refractivity contribution >= 4 is 28.8 Å². The quantitative estimate of drug-likeness (QED) is 0.328. The third-order valence-corrected chi connectivity index (χ3v) is 8.76. The molecule has 1 aromatic rings. The molecule has 0 unspecified atom stereocenters. The summed E-state index contributed by atoms with van der Waals surface area (Å²) in [5, 5.41) is -0.298. The van der Waals surface area contributed by atoms with Crippen molar-refractivity contribution in [3.63, 3.8) is 0 Å². The molecule has 0 aromatic heterocycles. The van der Waals surface area contributed by atoms with E-state index in [0.717, 1.165) is 17.3 Å². The van der Waals surface area contributed by atoms with Gasteiger partial charge in [-0.05, 0) is 51.9 Å². The van der Waals surface area contributed by atoms with E-state index in [1.54, 1.807) is 25.8 Å². The van der Waals surface area contributed by atoms with Crippen LogP contribution in [0, 0.1) is 5.41 Å². The summed E-state index contributed by atoms with van der Waals surface area (Å²) in [6, 6.07) is 8.68. The Balaban J connectivity index is 2.01. The van der Waals surface area contributed by atoms with Crippen LogP contribution in [0.25, 0.3) is 0 Å². The van der Waals surface area contributed by atoms with Crippen molar-refractivity contribution in [2.45, 2.75) is 57.9 Å². The van der Waals surface area contributed by atoms with Crippen LogP contribution in [0.4, 0.5) is 0 Å². The number of piperidine rings is 1. The van der Waals surface area contributed by atoms with Gasteiger partial charge in [0.05, 0.1) is 24.6 Å². The van der Waals surface area contributed by atoms with Gasteiger partial charge in [-0.1, -0.05) is 30.3 Å². The van der Waals surface area contributed by atoms with E-state index in [9.17, 15) is 14.4 Å². The molecule has 9 heteroatoms. The lowest BCUT2D eigenvalue weighted by molar-refractivity contribution is -0.313. The maximum Gasteiger partial charge on any atom is 0.338 e. The molecule has 184 valence electrons. The highest BCUT2D eigenvalue weighted by Gasteiger charge is 2.78. The molecule has 1 amide bonds. The monoisotopic (exact) mass is 488 g/mol. The van der Waals surface area contributed by atoms with E-state index in [-0.39, 0.29) is 31.4 Å². The minimum atomic E-state index is -1.58. The number of hydrogen-bond acceptors (Lipinski definition) is 8. The fourth-order valence-corrected chi connectivity index (χ4v) is 7.03. The molecule has 34 heavy (non-hydrogen) atoms. The number of ether oxygens (including phenoxy) is 3. The van der Waals surface area contributed by atoms with Crippen molar-refractivity contribution in [3.05, 3.63) is 47.2 Å². The number of esters is 1. The largest absolute Gasteiger partial charge is 0.463 e. The topological polar surface area (TPSA) is 85.4 Å². The SMILES string of the molecule is CCOC(=O)C1=C(C)N(C)[C@]23CC(OCC)(OCC)[C@](C)(C(=O)S2)C(=O)N3[C@@H]1c1ccccc1. The van der Waals surface area contributed by atoms with Crippen LogP contribution >= 0.6 is 11.8 Å². The molecule has 2 bridgehead atoms. The summed E-state index contributed by atoms with van der Waals surface area (Å²) in [6.45, 7) is 9.61. The van der Waals surface area contributed by atoms with Gasteiger partial charge in [0.2, 0.25) is 11.0 Å². The van der Waals surface area contributed by atoms with Crippen molar-refractivity contribution in [1.82, 2.24) is 9.80 Å². The maximum atomic E-state index is 14.4. The lowest BCUT2D eigenvalue weighted by Crippen LogP contribution is -2.81. The van der Waals surface area contributed by atoms with Gasteiger partial charge in [-0.15, -0.1) is 0 Å². The van der Waals surface area contributed by atoms with Crippen molar-refractivity contribution in [3.8, 4) is 0 Å². The Morgan fingerprint density at radius 2 is 1.71 bits per heavy atom. The second-order valence-electron chi connectivity index (χ2n) is 8.82. The molecule has 8 nitrogen and oxygen atoms in total. The highest BCUT2D eigenvalue weighted by atomic mass is 32.2. The molecule has 0 aliphatic carbocycles. The van der Waals surface area contributed by atoms with Crippen LogP contribution in [0.1, 0.15) is 52.6 Å². The van der Waals surface area contributed by atoms with E-state index in [0.29, 0.717) is 11.3 Å². The summed E-state index contributed by atoms with van der Waals surface area (Å²) in [5.74, 6) is -2.31. The van der Waals surface area contributed by atoms with Crippen molar-refractivity contribution in [2.75, 3.05) is 26.9 Å². The molecule has 0 N–H and O–H groups in total. The summed E-state index contributed by atoms with van der Waals surface area (Å²) in [5.41, 5.74) is 0.221. The van der Waals surface area contributed by atoms with Crippen LogP contribution in [0.5, 0.6) is 0 Å². The van der Waals surface area contributed by atoms with Gasteiger partial charge < -0.3 is 19.1 Å². The molecule has 1 aromatic carbocycles. The summed E-state index contributed by atoms with van der Waals surface area (Å²) >= 11 is 1.11. The van der Waals surface area contributed by atoms with Crippen LogP contribution in [0.15, 0.2) is 41.6 Å². The zero-order valence-corrected chi connectivity index (χ0v) is 21.4. The van der Waals surface area contributed by atoms with E-state index < -0.39 is 34.1 Å². The highest BCUT2D eigenvalue weighted by molar-refractivity contribution is 8.15. The van der Waals surface area contributed by atoms with E-state index in [2.05, 4.69) is 0 Å². The Bertz CT molecular complexity index is 1040. The number of allylic oxidation sites excluding steroid dienone is 1. The van der Waals surface area contributed by atoms with E-state index in [4.69, 9.17) is 14.2 Å².